The van der Waals surface area contributed by atoms with Crippen molar-refractivity contribution >= 4 is 17.6 Å². The molecule has 0 radical (unpaired) electrons. The SMILES string of the molecule is O=C(CNC(=O)c1ccccc1)Nc1cnc2n1CCCC2. The number of benzene rings is 1. The maximum absolute atomic E-state index is 12.0. The molecule has 2 heterocycles. The number of rotatable bonds is 4. The Hall–Kier alpha value is -2.63. The fraction of sp³-hybridized carbons (Fsp3) is 0.312. The van der Waals surface area contributed by atoms with E-state index < -0.39 is 0 Å². The summed E-state index contributed by atoms with van der Waals surface area (Å²) in [7, 11) is 0. The second-order valence-electron chi connectivity index (χ2n) is 5.27. The van der Waals surface area contributed by atoms with Gasteiger partial charge in [-0.2, -0.15) is 0 Å². The standard InChI is InChI=1S/C16H18N4O2/c21-15(11-18-16(22)12-6-2-1-3-7-12)19-14-10-17-13-8-4-5-9-20(13)14/h1-3,6-7,10H,4-5,8-9,11H2,(H,18,22)(H,19,21). The molecule has 1 aromatic carbocycles. The van der Waals surface area contributed by atoms with Crippen molar-refractivity contribution in [1.82, 2.24) is 14.9 Å². The van der Waals surface area contributed by atoms with Crippen LogP contribution in [0.4, 0.5) is 5.82 Å². The molecule has 2 N–H and O–H groups in total. The van der Waals surface area contributed by atoms with Crippen LogP contribution in [-0.4, -0.2) is 27.9 Å². The van der Waals surface area contributed by atoms with Crippen LogP contribution in [0.5, 0.6) is 0 Å². The van der Waals surface area contributed by atoms with E-state index in [1.807, 2.05) is 10.6 Å². The van der Waals surface area contributed by atoms with Crippen LogP contribution in [-0.2, 0) is 17.8 Å². The molecule has 1 aliphatic rings. The van der Waals surface area contributed by atoms with E-state index in [0.717, 1.165) is 31.6 Å². The molecule has 22 heavy (non-hydrogen) atoms. The Labute approximate surface area is 128 Å². The number of hydrogen-bond acceptors (Lipinski definition) is 3. The molecule has 1 aromatic heterocycles. The molecule has 0 atom stereocenters. The van der Waals surface area contributed by atoms with Crippen LogP contribution in [0.3, 0.4) is 0 Å². The van der Waals surface area contributed by atoms with Gasteiger partial charge in [0.1, 0.15) is 11.6 Å². The van der Waals surface area contributed by atoms with Crippen molar-refractivity contribution in [3.8, 4) is 0 Å². The summed E-state index contributed by atoms with van der Waals surface area (Å²) in [6.07, 6.45) is 4.85. The number of amides is 2. The van der Waals surface area contributed by atoms with Crippen molar-refractivity contribution in [2.45, 2.75) is 25.8 Å². The van der Waals surface area contributed by atoms with E-state index in [9.17, 15) is 9.59 Å². The summed E-state index contributed by atoms with van der Waals surface area (Å²) in [4.78, 5) is 28.2. The third-order valence-corrected chi connectivity index (χ3v) is 3.68. The quantitative estimate of drug-likeness (QED) is 0.900. The van der Waals surface area contributed by atoms with Crippen LogP contribution in [0.15, 0.2) is 36.5 Å². The molecule has 2 amide bonds. The van der Waals surface area contributed by atoms with Gasteiger partial charge >= 0.3 is 0 Å². The minimum absolute atomic E-state index is 0.0613. The Bertz CT molecular complexity index is 679. The molecular weight excluding hydrogens is 280 g/mol. The smallest absolute Gasteiger partial charge is 0.251 e. The van der Waals surface area contributed by atoms with Crippen molar-refractivity contribution in [1.29, 1.82) is 0 Å². The normalized spacial score (nSPS) is 13.3. The van der Waals surface area contributed by atoms with E-state index >= 15 is 0 Å². The lowest BCUT2D eigenvalue weighted by molar-refractivity contribution is -0.115. The van der Waals surface area contributed by atoms with E-state index in [1.165, 1.54) is 0 Å². The summed E-state index contributed by atoms with van der Waals surface area (Å²) in [5.41, 5.74) is 0.539. The van der Waals surface area contributed by atoms with Gasteiger partial charge in [-0.1, -0.05) is 18.2 Å². The Kier molecular flexibility index (Phi) is 4.18. The average Bonchev–Trinajstić information content (AvgIpc) is 2.97. The lowest BCUT2D eigenvalue weighted by atomic mass is 10.2. The second kappa shape index (κ2) is 6.43. The van der Waals surface area contributed by atoms with Crippen molar-refractivity contribution < 1.29 is 9.59 Å². The summed E-state index contributed by atoms with van der Waals surface area (Å²) >= 11 is 0. The number of imidazole rings is 1. The van der Waals surface area contributed by atoms with E-state index in [2.05, 4.69) is 15.6 Å². The number of nitrogens with one attached hydrogen (secondary N) is 2. The highest BCUT2D eigenvalue weighted by Gasteiger charge is 2.15. The highest BCUT2D eigenvalue weighted by molar-refractivity contribution is 5.99. The van der Waals surface area contributed by atoms with Gasteiger partial charge in [-0.25, -0.2) is 4.98 Å². The first-order valence-electron chi connectivity index (χ1n) is 7.41. The van der Waals surface area contributed by atoms with E-state index in [-0.39, 0.29) is 18.4 Å². The number of fused-ring (bicyclic) bond motifs is 1. The molecule has 6 heteroatoms. The van der Waals surface area contributed by atoms with Crippen molar-refractivity contribution in [2.24, 2.45) is 0 Å². The summed E-state index contributed by atoms with van der Waals surface area (Å²) in [5.74, 6) is 1.20. The first kappa shape index (κ1) is 14.3. The second-order valence-corrected chi connectivity index (χ2v) is 5.27. The highest BCUT2D eigenvalue weighted by atomic mass is 16.2. The van der Waals surface area contributed by atoms with Gasteiger partial charge in [-0.3, -0.25) is 9.59 Å². The van der Waals surface area contributed by atoms with Gasteiger partial charge in [-0.15, -0.1) is 0 Å². The summed E-state index contributed by atoms with van der Waals surface area (Å²) < 4.78 is 2.03. The summed E-state index contributed by atoms with van der Waals surface area (Å²) in [6.45, 7) is 0.815. The zero-order valence-electron chi connectivity index (χ0n) is 12.2. The molecule has 0 aliphatic carbocycles. The van der Waals surface area contributed by atoms with Gasteiger partial charge in [-0.05, 0) is 25.0 Å². The van der Waals surface area contributed by atoms with E-state index in [4.69, 9.17) is 0 Å². The predicted molar refractivity (Wildman–Crippen MR) is 82.6 cm³/mol. The minimum atomic E-state index is -0.258. The largest absolute Gasteiger partial charge is 0.343 e. The molecule has 114 valence electrons. The predicted octanol–water partition coefficient (Wildman–Crippen LogP) is 1.59. The molecule has 0 fully saturated rings. The first-order chi connectivity index (χ1) is 10.7. The monoisotopic (exact) mass is 298 g/mol. The number of hydrogen-bond donors (Lipinski definition) is 2. The minimum Gasteiger partial charge on any atom is -0.343 e. The molecule has 2 aromatic rings. The molecule has 0 spiro atoms. The summed E-state index contributed by atoms with van der Waals surface area (Å²) in [6, 6.07) is 8.83. The zero-order chi connectivity index (χ0) is 15.4. The topological polar surface area (TPSA) is 76.0 Å². The molecule has 0 saturated carbocycles. The van der Waals surface area contributed by atoms with Crippen LogP contribution in [0, 0.1) is 0 Å². The van der Waals surface area contributed by atoms with Crippen LogP contribution < -0.4 is 10.6 Å². The number of carbonyl (C=O) groups is 2. The third-order valence-electron chi connectivity index (χ3n) is 3.68. The Morgan fingerprint density at radius 1 is 1.18 bits per heavy atom. The lowest BCUT2D eigenvalue weighted by Gasteiger charge is -2.16. The van der Waals surface area contributed by atoms with Crippen LogP contribution in [0.1, 0.15) is 29.0 Å². The Morgan fingerprint density at radius 2 is 2.00 bits per heavy atom. The number of anilines is 1. The van der Waals surface area contributed by atoms with Crippen LogP contribution in [0.25, 0.3) is 0 Å². The Balaban J connectivity index is 1.55. The fourth-order valence-corrected chi connectivity index (χ4v) is 2.56. The van der Waals surface area contributed by atoms with Crippen molar-refractivity contribution in [3.05, 3.63) is 47.9 Å². The van der Waals surface area contributed by atoms with Crippen molar-refractivity contribution in [3.63, 3.8) is 0 Å². The first-order valence-corrected chi connectivity index (χ1v) is 7.41. The van der Waals surface area contributed by atoms with Crippen LogP contribution >= 0.6 is 0 Å². The Morgan fingerprint density at radius 3 is 2.82 bits per heavy atom. The van der Waals surface area contributed by atoms with E-state index in [0.29, 0.717) is 11.4 Å². The van der Waals surface area contributed by atoms with Crippen LogP contribution in [0.2, 0.25) is 0 Å². The van der Waals surface area contributed by atoms with Gasteiger partial charge in [0.2, 0.25) is 5.91 Å². The number of carbonyl (C=O) groups excluding carboxylic acids is 2. The van der Waals surface area contributed by atoms with Crippen molar-refractivity contribution in [2.75, 3.05) is 11.9 Å². The fourth-order valence-electron chi connectivity index (χ4n) is 2.56. The molecule has 3 rings (SSSR count). The van der Waals surface area contributed by atoms with Gasteiger partial charge in [0.25, 0.3) is 5.91 Å². The highest BCUT2D eigenvalue weighted by Crippen LogP contribution is 2.19. The molecular formula is C16H18N4O2. The average molecular weight is 298 g/mol. The molecule has 0 saturated heterocycles. The molecule has 1 aliphatic heterocycles. The number of aromatic nitrogens is 2. The maximum Gasteiger partial charge on any atom is 0.251 e. The van der Waals surface area contributed by atoms with E-state index in [1.54, 1.807) is 30.5 Å². The number of aryl methyl sites for hydroxylation is 1. The van der Waals surface area contributed by atoms with Gasteiger partial charge in [0, 0.05) is 18.5 Å². The molecule has 6 nitrogen and oxygen atoms in total. The maximum atomic E-state index is 12.0. The zero-order valence-corrected chi connectivity index (χ0v) is 12.2. The van der Waals surface area contributed by atoms with Gasteiger partial charge in [0.05, 0.1) is 12.7 Å². The lowest BCUT2D eigenvalue weighted by Crippen LogP contribution is -2.33. The van der Waals surface area contributed by atoms with Gasteiger partial charge in [0.15, 0.2) is 0 Å². The number of nitrogens with zero attached hydrogens (tertiary/aromatic N) is 2. The molecule has 0 bridgehead atoms. The molecule has 0 unspecified atom stereocenters. The van der Waals surface area contributed by atoms with Gasteiger partial charge < -0.3 is 15.2 Å². The third kappa shape index (κ3) is 3.16. The summed E-state index contributed by atoms with van der Waals surface area (Å²) in [5, 5.41) is 5.41.